The lowest BCUT2D eigenvalue weighted by atomic mass is 9.82. The van der Waals surface area contributed by atoms with E-state index in [4.69, 9.17) is 9.84 Å². The fourth-order valence-electron chi connectivity index (χ4n) is 5.58. The van der Waals surface area contributed by atoms with Gasteiger partial charge in [-0.15, -0.1) is 5.10 Å². The average molecular weight is 529 g/mol. The SMILES string of the molecule is CCOC(=O)c1cn(-c2ccc(N3Cc4ccccc4C3=O)cc2)nc1N(C(=O)C1CCC(C)CC1)C(C)C. The minimum atomic E-state index is -0.508. The first-order chi connectivity index (χ1) is 18.8. The number of anilines is 2. The molecule has 3 aromatic rings. The lowest BCUT2D eigenvalue weighted by Gasteiger charge is -2.32. The van der Waals surface area contributed by atoms with Gasteiger partial charge in [0.1, 0.15) is 5.56 Å². The van der Waals surface area contributed by atoms with Crippen LogP contribution in [0.4, 0.5) is 11.5 Å². The van der Waals surface area contributed by atoms with E-state index in [9.17, 15) is 14.4 Å². The zero-order chi connectivity index (χ0) is 27.7. The van der Waals surface area contributed by atoms with Gasteiger partial charge in [-0.3, -0.25) is 14.5 Å². The summed E-state index contributed by atoms with van der Waals surface area (Å²) in [4.78, 5) is 43.0. The summed E-state index contributed by atoms with van der Waals surface area (Å²) in [7, 11) is 0. The molecule has 0 radical (unpaired) electrons. The highest BCUT2D eigenvalue weighted by atomic mass is 16.5. The monoisotopic (exact) mass is 528 g/mol. The highest BCUT2D eigenvalue weighted by Crippen LogP contribution is 2.33. The molecule has 1 saturated carbocycles. The molecule has 1 aliphatic carbocycles. The van der Waals surface area contributed by atoms with Crippen LogP contribution in [0.5, 0.6) is 0 Å². The van der Waals surface area contributed by atoms with E-state index < -0.39 is 5.97 Å². The summed E-state index contributed by atoms with van der Waals surface area (Å²) in [6.45, 7) is 8.62. The summed E-state index contributed by atoms with van der Waals surface area (Å²) in [5.74, 6) is 0.351. The van der Waals surface area contributed by atoms with Crippen molar-refractivity contribution < 1.29 is 19.1 Å². The Hall–Kier alpha value is -3.94. The number of carbonyl (C=O) groups excluding carboxylic acids is 3. The van der Waals surface area contributed by atoms with Crippen LogP contribution in [0.1, 0.15) is 79.7 Å². The van der Waals surface area contributed by atoms with Crippen LogP contribution in [0.3, 0.4) is 0 Å². The third-order valence-electron chi connectivity index (χ3n) is 7.78. The van der Waals surface area contributed by atoms with E-state index >= 15 is 0 Å². The molecule has 5 rings (SSSR count). The van der Waals surface area contributed by atoms with Crippen molar-refractivity contribution in [2.75, 3.05) is 16.4 Å². The molecule has 2 aliphatic rings. The van der Waals surface area contributed by atoms with Gasteiger partial charge in [-0.2, -0.15) is 0 Å². The number of rotatable bonds is 7. The second-order valence-corrected chi connectivity index (χ2v) is 10.9. The summed E-state index contributed by atoms with van der Waals surface area (Å²) < 4.78 is 6.95. The number of benzene rings is 2. The minimum Gasteiger partial charge on any atom is -0.462 e. The first-order valence-electron chi connectivity index (χ1n) is 13.9. The number of nitrogens with zero attached hydrogens (tertiary/aromatic N) is 4. The predicted molar refractivity (Wildman–Crippen MR) is 150 cm³/mol. The summed E-state index contributed by atoms with van der Waals surface area (Å²) in [6, 6.07) is 14.9. The Kier molecular flexibility index (Phi) is 7.55. The summed E-state index contributed by atoms with van der Waals surface area (Å²) >= 11 is 0. The van der Waals surface area contributed by atoms with Crippen molar-refractivity contribution in [2.45, 2.75) is 66.0 Å². The second kappa shape index (κ2) is 11.0. The standard InChI is InChI=1S/C31H36N4O4/c1-5-39-31(38)27-19-34(32-28(27)35(20(2)3)29(36)22-12-10-21(4)11-13-22)25-16-14-24(15-17-25)33-18-23-8-6-7-9-26(23)30(33)37/h6-9,14-17,19-22H,5,10-13,18H2,1-4H3. The Balaban J connectivity index is 1.45. The van der Waals surface area contributed by atoms with Crippen LogP contribution in [-0.2, 0) is 16.1 Å². The number of esters is 1. The molecule has 0 unspecified atom stereocenters. The zero-order valence-electron chi connectivity index (χ0n) is 23.1. The predicted octanol–water partition coefficient (Wildman–Crippen LogP) is 5.78. The van der Waals surface area contributed by atoms with E-state index in [0.717, 1.165) is 42.5 Å². The van der Waals surface area contributed by atoms with E-state index in [0.29, 0.717) is 24.0 Å². The maximum atomic E-state index is 13.7. The van der Waals surface area contributed by atoms with Crippen molar-refractivity contribution in [2.24, 2.45) is 11.8 Å². The summed E-state index contributed by atoms with van der Waals surface area (Å²) in [5, 5.41) is 4.75. The van der Waals surface area contributed by atoms with Crippen molar-refractivity contribution >= 4 is 29.3 Å². The maximum Gasteiger partial charge on any atom is 0.343 e. The van der Waals surface area contributed by atoms with Crippen molar-refractivity contribution in [1.82, 2.24) is 9.78 Å². The molecule has 2 aromatic carbocycles. The molecule has 0 saturated heterocycles. The van der Waals surface area contributed by atoms with E-state index in [1.165, 1.54) is 0 Å². The van der Waals surface area contributed by atoms with Crippen LogP contribution < -0.4 is 9.80 Å². The van der Waals surface area contributed by atoms with Gasteiger partial charge in [0.2, 0.25) is 5.91 Å². The summed E-state index contributed by atoms with van der Waals surface area (Å²) in [6.07, 6.45) is 5.38. The molecule has 0 N–H and O–H groups in total. The van der Waals surface area contributed by atoms with Gasteiger partial charge in [0.25, 0.3) is 5.91 Å². The number of hydrogen-bond acceptors (Lipinski definition) is 5. The topological polar surface area (TPSA) is 84.7 Å². The molecule has 8 heteroatoms. The minimum absolute atomic E-state index is 0.00941. The molecule has 8 nitrogen and oxygen atoms in total. The quantitative estimate of drug-likeness (QED) is 0.363. The zero-order valence-corrected chi connectivity index (χ0v) is 23.1. The highest BCUT2D eigenvalue weighted by molar-refractivity contribution is 6.10. The number of fused-ring (bicyclic) bond motifs is 1. The van der Waals surface area contributed by atoms with Crippen LogP contribution in [0.25, 0.3) is 5.69 Å². The van der Waals surface area contributed by atoms with Gasteiger partial charge in [-0.05, 0) is 88.3 Å². The van der Waals surface area contributed by atoms with Gasteiger partial charge in [0, 0.05) is 29.4 Å². The largest absolute Gasteiger partial charge is 0.462 e. The third-order valence-corrected chi connectivity index (χ3v) is 7.78. The molecule has 204 valence electrons. The molecule has 1 aliphatic heterocycles. The van der Waals surface area contributed by atoms with Crippen molar-refractivity contribution in [3.63, 3.8) is 0 Å². The normalized spacial score (nSPS) is 18.8. The molecule has 2 amide bonds. The molecule has 2 heterocycles. The van der Waals surface area contributed by atoms with E-state index in [1.807, 2.05) is 62.4 Å². The van der Waals surface area contributed by atoms with Gasteiger partial charge in [0.15, 0.2) is 5.82 Å². The Morgan fingerprint density at radius 1 is 1.03 bits per heavy atom. The fourth-order valence-corrected chi connectivity index (χ4v) is 5.58. The van der Waals surface area contributed by atoms with Gasteiger partial charge >= 0.3 is 5.97 Å². The van der Waals surface area contributed by atoms with Gasteiger partial charge in [-0.25, -0.2) is 9.48 Å². The van der Waals surface area contributed by atoms with E-state index in [2.05, 4.69) is 6.92 Å². The number of carbonyl (C=O) groups is 3. The van der Waals surface area contributed by atoms with Gasteiger partial charge in [0.05, 0.1) is 18.8 Å². The fraction of sp³-hybridized carbons (Fsp3) is 0.419. The number of aromatic nitrogens is 2. The Labute approximate surface area is 229 Å². The molecular weight excluding hydrogens is 492 g/mol. The Bertz CT molecular complexity index is 1370. The molecule has 0 spiro atoms. The number of ether oxygens (including phenoxy) is 1. The second-order valence-electron chi connectivity index (χ2n) is 10.9. The molecule has 0 atom stereocenters. The Morgan fingerprint density at radius 3 is 2.33 bits per heavy atom. The first kappa shape index (κ1) is 26.7. The molecule has 0 bridgehead atoms. The molecule has 1 fully saturated rings. The van der Waals surface area contributed by atoms with Gasteiger partial charge < -0.3 is 9.64 Å². The lowest BCUT2D eigenvalue weighted by Crippen LogP contribution is -2.43. The average Bonchev–Trinajstić information content (AvgIpc) is 3.51. The van der Waals surface area contributed by atoms with Crippen LogP contribution in [0.15, 0.2) is 54.7 Å². The number of hydrogen-bond donors (Lipinski definition) is 0. The lowest BCUT2D eigenvalue weighted by molar-refractivity contribution is -0.124. The Morgan fingerprint density at radius 2 is 1.69 bits per heavy atom. The smallest absolute Gasteiger partial charge is 0.343 e. The van der Waals surface area contributed by atoms with Crippen molar-refractivity contribution in [3.8, 4) is 5.69 Å². The molecule has 39 heavy (non-hydrogen) atoms. The van der Waals surface area contributed by atoms with Crippen molar-refractivity contribution in [3.05, 3.63) is 71.4 Å². The molecule has 1 aromatic heterocycles. The first-order valence-corrected chi connectivity index (χ1v) is 13.9. The van der Waals surface area contributed by atoms with Crippen LogP contribution in [0, 0.1) is 11.8 Å². The number of amides is 2. The third kappa shape index (κ3) is 5.20. The van der Waals surface area contributed by atoms with Crippen molar-refractivity contribution in [1.29, 1.82) is 0 Å². The molecular formula is C31H36N4O4. The van der Waals surface area contributed by atoms with Crippen LogP contribution >= 0.6 is 0 Å². The van der Waals surface area contributed by atoms with Crippen LogP contribution in [-0.4, -0.2) is 40.2 Å². The van der Waals surface area contributed by atoms with Gasteiger partial charge in [-0.1, -0.05) is 25.1 Å². The highest BCUT2D eigenvalue weighted by Gasteiger charge is 2.35. The van der Waals surface area contributed by atoms with E-state index in [-0.39, 0.29) is 35.9 Å². The van der Waals surface area contributed by atoms with E-state index in [1.54, 1.807) is 27.6 Å². The summed E-state index contributed by atoms with van der Waals surface area (Å²) in [5.41, 5.74) is 3.49. The maximum absolute atomic E-state index is 13.7. The van der Waals surface area contributed by atoms with Crippen LogP contribution in [0.2, 0.25) is 0 Å².